The molecule has 0 amide bonds. The molecular weight excluding hydrogens is 399 g/mol. The van der Waals surface area contributed by atoms with E-state index < -0.39 is 11.6 Å². The molecule has 2 aliphatic rings. The minimum atomic E-state index is -0.782. The van der Waals surface area contributed by atoms with Gasteiger partial charge in [-0.1, -0.05) is 24.3 Å². The van der Waals surface area contributed by atoms with Gasteiger partial charge in [0.1, 0.15) is 17.4 Å². The van der Waals surface area contributed by atoms with Crippen molar-refractivity contribution >= 4 is 23.1 Å². The van der Waals surface area contributed by atoms with Crippen molar-refractivity contribution < 1.29 is 17.9 Å². The van der Waals surface area contributed by atoms with Crippen molar-refractivity contribution in [3.05, 3.63) is 88.7 Å². The Balaban J connectivity index is 1.83. The average molecular weight is 419 g/mol. The molecule has 0 saturated heterocycles. The van der Waals surface area contributed by atoms with E-state index in [1.807, 2.05) is 19.1 Å². The summed E-state index contributed by atoms with van der Waals surface area (Å²) in [5.41, 5.74) is 4.88. The van der Waals surface area contributed by atoms with Gasteiger partial charge in [0.05, 0.1) is 5.54 Å². The summed E-state index contributed by atoms with van der Waals surface area (Å²) < 4.78 is 48.5. The van der Waals surface area contributed by atoms with Gasteiger partial charge in [0.25, 0.3) is 0 Å². The molecule has 0 fully saturated rings. The third-order valence-electron chi connectivity index (χ3n) is 5.54. The van der Waals surface area contributed by atoms with E-state index in [1.54, 1.807) is 18.2 Å². The molecule has 3 aromatic carbocycles. The molecule has 0 spiro atoms. The third-order valence-corrected chi connectivity index (χ3v) is 5.54. The van der Waals surface area contributed by atoms with Crippen LogP contribution in [0.25, 0.3) is 28.5 Å². The lowest BCUT2D eigenvalue weighted by molar-refractivity contribution is 0.460. The van der Waals surface area contributed by atoms with Crippen LogP contribution in [0.5, 0.6) is 5.75 Å². The van der Waals surface area contributed by atoms with E-state index in [1.165, 1.54) is 18.2 Å². The Kier molecular flexibility index (Phi) is 4.26. The molecule has 0 radical (unpaired) electrons. The Hall–Kier alpha value is -3.47. The fourth-order valence-corrected chi connectivity index (χ4v) is 4.47. The van der Waals surface area contributed by atoms with Crippen molar-refractivity contribution in [1.82, 2.24) is 0 Å². The lowest BCUT2D eigenvalue weighted by Gasteiger charge is -2.35. The summed E-state index contributed by atoms with van der Waals surface area (Å²) in [7, 11) is 0. The number of hydrogen-bond donors (Lipinski definition) is 1. The van der Waals surface area contributed by atoms with Crippen LogP contribution in [0.15, 0.2) is 54.6 Å². The molecule has 0 aromatic heterocycles. The van der Waals surface area contributed by atoms with Gasteiger partial charge in [0.2, 0.25) is 0 Å². The first kappa shape index (κ1) is 19.5. The molecule has 156 valence electrons. The van der Waals surface area contributed by atoms with E-state index in [4.69, 9.17) is 4.74 Å². The van der Waals surface area contributed by atoms with Crippen molar-refractivity contribution in [1.29, 1.82) is 0 Å². The van der Waals surface area contributed by atoms with Gasteiger partial charge in [0.15, 0.2) is 11.6 Å². The van der Waals surface area contributed by atoms with Gasteiger partial charge in [-0.25, -0.2) is 13.2 Å². The SMILES string of the molecule is CC1=CC(C)(C)Nc2ccc3c(c21)C(=Cc1cccc(F)c1)Oc1c(F)cc(F)cc1-3. The van der Waals surface area contributed by atoms with Gasteiger partial charge < -0.3 is 10.1 Å². The van der Waals surface area contributed by atoms with Gasteiger partial charge in [0, 0.05) is 28.4 Å². The van der Waals surface area contributed by atoms with Crippen LogP contribution >= 0.6 is 0 Å². The van der Waals surface area contributed by atoms with Gasteiger partial charge in [-0.15, -0.1) is 0 Å². The molecule has 5 rings (SSSR count). The maximum absolute atomic E-state index is 14.6. The smallest absolute Gasteiger partial charge is 0.171 e. The summed E-state index contributed by atoms with van der Waals surface area (Å²) in [4.78, 5) is 0. The summed E-state index contributed by atoms with van der Waals surface area (Å²) in [6.07, 6.45) is 3.79. The van der Waals surface area contributed by atoms with E-state index >= 15 is 0 Å². The van der Waals surface area contributed by atoms with Crippen molar-refractivity contribution in [2.24, 2.45) is 0 Å². The normalized spacial score (nSPS) is 17.1. The fraction of sp³-hybridized carbons (Fsp3) is 0.154. The highest BCUT2D eigenvalue weighted by molar-refractivity contribution is 6.00. The largest absolute Gasteiger partial charge is 0.453 e. The molecule has 0 bridgehead atoms. The van der Waals surface area contributed by atoms with Gasteiger partial charge in [-0.3, -0.25) is 0 Å². The van der Waals surface area contributed by atoms with Crippen LogP contribution in [-0.2, 0) is 0 Å². The zero-order valence-electron chi connectivity index (χ0n) is 17.3. The highest BCUT2D eigenvalue weighted by Crippen LogP contribution is 2.50. The molecule has 5 heteroatoms. The lowest BCUT2D eigenvalue weighted by Crippen LogP contribution is -2.32. The van der Waals surface area contributed by atoms with E-state index in [-0.39, 0.29) is 17.1 Å². The molecule has 3 aromatic rings. The van der Waals surface area contributed by atoms with Crippen LogP contribution < -0.4 is 10.1 Å². The second kappa shape index (κ2) is 6.77. The second-order valence-electron chi connectivity index (χ2n) is 8.51. The molecule has 2 nitrogen and oxygen atoms in total. The van der Waals surface area contributed by atoms with Crippen molar-refractivity contribution in [2.75, 3.05) is 5.32 Å². The van der Waals surface area contributed by atoms with Crippen LogP contribution in [-0.4, -0.2) is 5.54 Å². The number of hydrogen-bond acceptors (Lipinski definition) is 2. The van der Waals surface area contributed by atoms with Crippen LogP contribution in [0, 0.1) is 17.5 Å². The third kappa shape index (κ3) is 3.30. The average Bonchev–Trinajstić information content (AvgIpc) is 2.67. The number of rotatable bonds is 1. The predicted molar refractivity (Wildman–Crippen MR) is 118 cm³/mol. The molecule has 31 heavy (non-hydrogen) atoms. The minimum absolute atomic E-state index is 0.0396. The Morgan fingerprint density at radius 1 is 0.903 bits per heavy atom. The van der Waals surface area contributed by atoms with E-state index in [0.29, 0.717) is 22.4 Å². The van der Waals surface area contributed by atoms with Crippen LogP contribution in [0.4, 0.5) is 18.9 Å². The highest BCUT2D eigenvalue weighted by atomic mass is 19.1. The topological polar surface area (TPSA) is 21.3 Å². The molecule has 0 aliphatic carbocycles. The molecule has 2 aliphatic heterocycles. The van der Waals surface area contributed by atoms with Crippen LogP contribution in [0.2, 0.25) is 0 Å². The summed E-state index contributed by atoms with van der Waals surface area (Å²) in [6, 6.07) is 11.9. The maximum Gasteiger partial charge on any atom is 0.171 e. The number of benzene rings is 3. The van der Waals surface area contributed by atoms with Crippen molar-refractivity contribution in [2.45, 2.75) is 26.3 Å². The summed E-state index contributed by atoms with van der Waals surface area (Å²) in [6.45, 7) is 6.14. The number of allylic oxidation sites excluding steroid dienone is 1. The number of fused-ring (bicyclic) bond motifs is 5. The van der Waals surface area contributed by atoms with Crippen LogP contribution in [0.1, 0.15) is 37.5 Å². The van der Waals surface area contributed by atoms with E-state index in [0.717, 1.165) is 28.5 Å². The molecule has 2 heterocycles. The summed E-state index contributed by atoms with van der Waals surface area (Å²) >= 11 is 0. The minimum Gasteiger partial charge on any atom is -0.453 e. The number of anilines is 1. The summed E-state index contributed by atoms with van der Waals surface area (Å²) in [5, 5.41) is 3.49. The molecule has 0 atom stereocenters. The Morgan fingerprint density at radius 3 is 2.48 bits per heavy atom. The van der Waals surface area contributed by atoms with E-state index in [2.05, 4.69) is 25.2 Å². The Morgan fingerprint density at radius 2 is 1.71 bits per heavy atom. The quantitative estimate of drug-likeness (QED) is 0.448. The number of ether oxygens (including phenoxy) is 1. The fourth-order valence-electron chi connectivity index (χ4n) is 4.47. The predicted octanol–water partition coefficient (Wildman–Crippen LogP) is 7.27. The summed E-state index contributed by atoms with van der Waals surface area (Å²) in [5.74, 6) is -1.50. The number of halogens is 3. The molecular formula is C26H20F3NO. The maximum atomic E-state index is 14.6. The van der Waals surface area contributed by atoms with Crippen molar-refractivity contribution in [3.63, 3.8) is 0 Å². The van der Waals surface area contributed by atoms with Crippen LogP contribution in [0.3, 0.4) is 0 Å². The molecule has 0 unspecified atom stereocenters. The second-order valence-corrected chi connectivity index (χ2v) is 8.51. The zero-order chi connectivity index (χ0) is 21.9. The van der Waals surface area contributed by atoms with Gasteiger partial charge in [-0.2, -0.15) is 0 Å². The monoisotopic (exact) mass is 419 g/mol. The first-order valence-electron chi connectivity index (χ1n) is 10.0. The molecule has 0 saturated carbocycles. The number of nitrogens with one attached hydrogen (secondary N) is 1. The van der Waals surface area contributed by atoms with Crippen molar-refractivity contribution in [3.8, 4) is 16.9 Å². The first-order valence-corrected chi connectivity index (χ1v) is 10.0. The Bertz CT molecular complexity index is 1300. The Labute approximate surface area is 178 Å². The van der Waals surface area contributed by atoms with Gasteiger partial charge >= 0.3 is 0 Å². The standard InChI is InChI=1S/C26H20F3NO/c1-14-13-26(2,3)30-21-8-7-18-19-11-17(28)12-20(29)25(19)31-22(24(18)23(14)21)10-15-5-4-6-16(27)9-15/h4-13,30H,1-3H3. The highest BCUT2D eigenvalue weighted by Gasteiger charge is 2.32. The van der Waals surface area contributed by atoms with Gasteiger partial charge in [-0.05, 0) is 67.8 Å². The zero-order valence-corrected chi connectivity index (χ0v) is 17.3. The molecule has 1 N–H and O–H groups in total. The first-order chi connectivity index (χ1) is 14.7. The lowest BCUT2D eigenvalue weighted by atomic mass is 9.83. The van der Waals surface area contributed by atoms with E-state index in [9.17, 15) is 13.2 Å².